The minimum absolute atomic E-state index is 0.0838. The van der Waals surface area contributed by atoms with Crippen molar-refractivity contribution in [3.05, 3.63) is 59.1 Å². The van der Waals surface area contributed by atoms with Crippen LogP contribution in [0.3, 0.4) is 0 Å². The Morgan fingerprint density at radius 1 is 1.06 bits per heavy atom. The standard InChI is InChI=1S/C24H26F3N7O/c1-13-9-18(29-12-28-13)33-10-14-3-4-15(11-33)21(14)30-24-31-23-22(35-8-2-7-34(23)32-24)16-5-6-17(25)20(27)19(16)26/h5-6,9,12,14-15,21-22H,2-4,7-8,10-11H2,1H3,(H,30,32)/t14-,15+,21-,22-/m1/s1. The van der Waals surface area contributed by atoms with E-state index in [4.69, 9.17) is 4.74 Å². The maximum absolute atomic E-state index is 14.6. The first-order chi connectivity index (χ1) is 17.0. The molecule has 0 radical (unpaired) electrons. The number of halogens is 3. The third-order valence-electron chi connectivity index (χ3n) is 7.32. The van der Waals surface area contributed by atoms with Crippen LogP contribution in [0, 0.1) is 36.2 Å². The van der Waals surface area contributed by atoms with E-state index >= 15 is 0 Å². The highest BCUT2D eigenvalue weighted by Gasteiger charge is 2.43. The van der Waals surface area contributed by atoms with E-state index in [1.54, 1.807) is 11.0 Å². The maximum atomic E-state index is 14.6. The van der Waals surface area contributed by atoms with Crippen LogP contribution in [0.15, 0.2) is 24.5 Å². The summed E-state index contributed by atoms with van der Waals surface area (Å²) in [5.74, 6) is -1.40. The summed E-state index contributed by atoms with van der Waals surface area (Å²) in [6, 6.07) is 4.34. The van der Waals surface area contributed by atoms with Crippen LogP contribution >= 0.6 is 0 Å². The largest absolute Gasteiger partial charge is 0.365 e. The molecule has 35 heavy (non-hydrogen) atoms. The van der Waals surface area contributed by atoms with Gasteiger partial charge in [-0.25, -0.2) is 27.8 Å². The van der Waals surface area contributed by atoms with E-state index in [0.717, 1.165) is 43.5 Å². The van der Waals surface area contributed by atoms with Crippen LogP contribution in [0.1, 0.15) is 42.4 Å². The first kappa shape index (κ1) is 22.3. The van der Waals surface area contributed by atoms with Gasteiger partial charge in [-0.2, -0.15) is 4.98 Å². The summed E-state index contributed by atoms with van der Waals surface area (Å²) >= 11 is 0. The molecule has 2 bridgehead atoms. The summed E-state index contributed by atoms with van der Waals surface area (Å²) in [4.78, 5) is 15.6. The number of anilines is 2. The van der Waals surface area contributed by atoms with Crippen LogP contribution in [0.2, 0.25) is 0 Å². The van der Waals surface area contributed by atoms with E-state index in [-0.39, 0.29) is 11.6 Å². The number of nitrogens with zero attached hydrogens (tertiary/aromatic N) is 6. The van der Waals surface area contributed by atoms with Crippen molar-refractivity contribution in [1.82, 2.24) is 24.7 Å². The number of ether oxygens (including phenoxy) is 1. The summed E-state index contributed by atoms with van der Waals surface area (Å²) < 4.78 is 49.5. The van der Waals surface area contributed by atoms with Crippen LogP contribution in [-0.4, -0.2) is 50.5 Å². The molecular weight excluding hydrogens is 459 g/mol. The lowest BCUT2D eigenvalue weighted by Gasteiger charge is -2.38. The lowest BCUT2D eigenvalue weighted by atomic mass is 9.92. The molecule has 6 rings (SSSR count). The van der Waals surface area contributed by atoms with E-state index in [0.29, 0.717) is 43.2 Å². The number of hydrogen-bond donors (Lipinski definition) is 1. The summed E-state index contributed by atoms with van der Waals surface area (Å²) in [6.45, 7) is 4.60. The van der Waals surface area contributed by atoms with E-state index in [1.165, 1.54) is 6.07 Å². The lowest BCUT2D eigenvalue weighted by molar-refractivity contribution is 0.0780. The molecule has 1 aromatic carbocycles. The molecular formula is C24H26F3N7O. The number of piperidine rings is 1. The third kappa shape index (κ3) is 4.01. The van der Waals surface area contributed by atoms with Gasteiger partial charge in [0.05, 0.1) is 0 Å². The Labute approximate surface area is 200 Å². The van der Waals surface area contributed by atoms with Crippen molar-refractivity contribution in [1.29, 1.82) is 0 Å². The van der Waals surface area contributed by atoms with E-state index in [1.807, 2.05) is 13.0 Å². The molecule has 1 N–H and O–H groups in total. The molecule has 1 saturated carbocycles. The van der Waals surface area contributed by atoms with Crippen molar-refractivity contribution in [3.63, 3.8) is 0 Å². The summed E-state index contributed by atoms with van der Waals surface area (Å²) in [6.07, 6.45) is 3.49. The second kappa shape index (κ2) is 8.78. The highest BCUT2D eigenvalue weighted by Crippen LogP contribution is 2.40. The Bertz CT molecular complexity index is 1240. The van der Waals surface area contributed by atoms with Gasteiger partial charge in [-0.3, -0.25) is 0 Å². The van der Waals surface area contributed by atoms with Crippen molar-refractivity contribution in [2.75, 3.05) is 29.9 Å². The van der Waals surface area contributed by atoms with E-state index < -0.39 is 23.6 Å². The molecule has 3 aromatic rings. The van der Waals surface area contributed by atoms with Gasteiger partial charge in [0.2, 0.25) is 5.95 Å². The van der Waals surface area contributed by atoms with Crippen LogP contribution in [0.5, 0.6) is 0 Å². The molecule has 1 aliphatic carbocycles. The molecule has 2 aliphatic heterocycles. The second-order valence-electron chi connectivity index (χ2n) is 9.58. The van der Waals surface area contributed by atoms with Gasteiger partial charge in [-0.1, -0.05) is 0 Å². The first-order valence-corrected chi connectivity index (χ1v) is 12.0. The number of aromatic nitrogens is 5. The van der Waals surface area contributed by atoms with Gasteiger partial charge < -0.3 is 15.0 Å². The minimum atomic E-state index is -1.51. The Kier molecular flexibility index (Phi) is 5.58. The predicted molar refractivity (Wildman–Crippen MR) is 121 cm³/mol. The molecule has 3 aliphatic rings. The number of fused-ring (bicyclic) bond motifs is 3. The van der Waals surface area contributed by atoms with Gasteiger partial charge in [0.1, 0.15) is 18.2 Å². The number of aryl methyl sites for hydroxylation is 2. The molecule has 2 fully saturated rings. The number of nitrogens with one attached hydrogen (secondary N) is 1. The Balaban J connectivity index is 1.24. The SMILES string of the molecule is Cc1cc(N2C[C@H]3CC[C@@H](C2)[C@@H]3Nc2nc3n(n2)CCCO[C@@H]3c2ccc(F)c(F)c2F)ncn1. The fourth-order valence-corrected chi connectivity index (χ4v) is 5.64. The first-order valence-electron chi connectivity index (χ1n) is 12.0. The Morgan fingerprint density at radius 3 is 2.63 bits per heavy atom. The zero-order chi connectivity index (χ0) is 24.1. The smallest absolute Gasteiger partial charge is 0.242 e. The van der Waals surface area contributed by atoms with Crippen LogP contribution in [0.25, 0.3) is 0 Å². The molecule has 1 saturated heterocycles. The van der Waals surface area contributed by atoms with Gasteiger partial charge in [-0.05, 0) is 50.2 Å². The van der Waals surface area contributed by atoms with Crippen molar-refractivity contribution in [2.45, 2.75) is 44.9 Å². The van der Waals surface area contributed by atoms with Gasteiger partial charge in [0, 0.05) is 49.6 Å². The van der Waals surface area contributed by atoms with Crippen LogP contribution in [-0.2, 0) is 11.3 Å². The fourth-order valence-electron chi connectivity index (χ4n) is 5.64. The highest BCUT2D eigenvalue weighted by atomic mass is 19.2. The Hall–Kier alpha value is -3.21. The highest BCUT2D eigenvalue weighted by molar-refractivity contribution is 5.42. The quantitative estimate of drug-likeness (QED) is 0.566. The minimum Gasteiger partial charge on any atom is -0.365 e. The van der Waals surface area contributed by atoms with Gasteiger partial charge >= 0.3 is 0 Å². The van der Waals surface area contributed by atoms with Crippen LogP contribution in [0.4, 0.5) is 24.9 Å². The van der Waals surface area contributed by atoms with Gasteiger partial charge in [0.25, 0.3) is 0 Å². The molecule has 8 nitrogen and oxygen atoms in total. The fraction of sp³-hybridized carbons (Fsp3) is 0.500. The molecule has 11 heteroatoms. The monoisotopic (exact) mass is 485 g/mol. The zero-order valence-electron chi connectivity index (χ0n) is 19.3. The molecule has 184 valence electrons. The maximum Gasteiger partial charge on any atom is 0.242 e. The summed E-state index contributed by atoms with van der Waals surface area (Å²) in [5.41, 5.74) is 0.861. The number of benzene rings is 1. The van der Waals surface area contributed by atoms with Gasteiger partial charge in [0.15, 0.2) is 23.3 Å². The number of hydrogen-bond acceptors (Lipinski definition) is 7. The average Bonchev–Trinajstić information content (AvgIpc) is 3.25. The van der Waals surface area contributed by atoms with Crippen LogP contribution < -0.4 is 10.2 Å². The lowest BCUT2D eigenvalue weighted by Crippen LogP contribution is -2.48. The molecule has 0 unspecified atom stereocenters. The molecule has 0 spiro atoms. The summed E-state index contributed by atoms with van der Waals surface area (Å²) in [5, 5.41) is 8.15. The molecule has 0 amide bonds. The predicted octanol–water partition coefficient (Wildman–Crippen LogP) is 3.63. The zero-order valence-corrected chi connectivity index (χ0v) is 19.3. The van der Waals surface area contributed by atoms with Gasteiger partial charge in [-0.15, -0.1) is 5.10 Å². The van der Waals surface area contributed by atoms with Crippen molar-refractivity contribution in [2.24, 2.45) is 11.8 Å². The average molecular weight is 486 g/mol. The topological polar surface area (TPSA) is 81.0 Å². The second-order valence-corrected chi connectivity index (χ2v) is 9.58. The number of rotatable bonds is 4. The third-order valence-corrected chi connectivity index (χ3v) is 7.32. The molecule has 2 aromatic heterocycles. The van der Waals surface area contributed by atoms with Crippen molar-refractivity contribution >= 4 is 11.8 Å². The normalized spacial score (nSPS) is 25.9. The van der Waals surface area contributed by atoms with E-state index in [2.05, 4.69) is 30.3 Å². The summed E-state index contributed by atoms with van der Waals surface area (Å²) in [7, 11) is 0. The Morgan fingerprint density at radius 2 is 1.86 bits per heavy atom. The van der Waals surface area contributed by atoms with E-state index in [9.17, 15) is 13.2 Å². The molecule has 4 atom stereocenters. The van der Waals surface area contributed by atoms with Crippen molar-refractivity contribution < 1.29 is 17.9 Å². The van der Waals surface area contributed by atoms with Crippen molar-refractivity contribution in [3.8, 4) is 0 Å². The molecule has 4 heterocycles.